The van der Waals surface area contributed by atoms with Crippen LogP contribution in [0, 0.1) is 0 Å². The molecule has 35 heavy (non-hydrogen) atoms. The van der Waals surface area contributed by atoms with Crippen molar-refractivity contribution < 1.29 is 14.3 Å². The molecule has 5 rings (SSSR count). The number of esters is 1. The lowest BCUT2D eigenvalue weighted by atomic mass is 9.87. The Labute approximate surface area is 208 Å². The number of hydrogen-bond acceptors (Lipinski definition) is 7. The monoisotopic (exact) mass is 476 g/mol. The lowest BCUT2D eigenvalue weighted by Gasteiger charge is -2.40. The first-order chi connectivity index (χ1) is 17.1. The van der Waals surface area contributed by atoms with Gasteiger partial charge in [-0.2, -0.15) is 0 Å². The average molecular weight is 477 g/mol. The Balaban J connectivity index is 1.37. The van der Waals surface area contributed by atoms with Gasteiger partial charge in [0.05, 0.1) is 12.8 Å². The number of carbonyl (C=O) groups excluding carboxylic acids is 1. The molecule has 0 spiro atoms. The molecule has 1 N–H and O–H groups in total. The molecule has 2 aliphatic heterocycles. The molecule has 0 radical (unpaired) electrons. The minimum atomic E-state index is -0.272. The van der Waals surface area contributed by atoms with E-state index in [-0.39, 0.29) is 5.97 Å². The summed E-state index contributed by atoms with van der Waals surface area (Å²) in [5.74, 6) is 1.31. The highest BCUT2D eigenvalue weighted by molar-refractivity contribution is 5.76. The van der Waals surface area contributed by atoms with E-state index in [9.17, 15) is 4.79 Å². The molecule has 0 atom stereocenters. The Bertz CT molecular complexity index is 1090. The van der Waals surface area contributed by atoms with E-state index in [1.807, 2.05) is 18.2 Å². The van der Waals surface area contributed by atoms with Crippen molar-refractivity contribution in [1.82, 2.24) is 15.1 Å². The van der Waals surface area contributed by atoms with Gasteiger partial charge in [-0.05, 0) is 53.8 Å². The largest absolute Gasteiger partial charge is 0.495 e. The van der Waals surface area contributed by atoms with Crippen molar-refractivity contribution in [1.29, 1.82) is 0 Å². The average Bonchev–Trinajstić information content (AvgIpc) is 2.89. The standard InChI is InChI=1S/C28H36N4O3/c1-21(33)35-23-8-9-24-22(19-23)7-10-26(31-13-11-29-12-14-31)25(24)20-30-15-17-32(18-16-30)27-5-3-4-6-28(27)34-2/h3-6,8-9,19,29H,7,10-18,20H2,1-2H3. The minimum absolute atomic E-state index is 0.272. The van der Waals surface area contributed by atoms with Crippen molar-refractivity contribution in [3.63, 3.8) is 0 Å². The van der Waals surface area contributed by atoms with Crippen LogP contribution >= 0.6 is 0 Å². The summed E-state index contributed by atoms with van der Waals surface area (Å²) in [6.45, 7) is 10.6. The van der Waals surface area contributed by atoms with Crippen molar-refractivity contribution in [2.75, 3.05) is 70.9 Å². The molecule has 1 aliphatic carbocycles. The summed E-state index contributed by atoms with van der Waals surface area (Å²) in [5.41, 5.74) is 6.70. The van der Waals surface area contributed by atoms with Gasteiger partial charge in [-0.15, -0.1) is 0 Å². The highest BCUT2D eigenvalue weighted by Crippen LogP contribution is 2.36. The maximum atomic E-state index is 11.5. The highest BCUT2D eigenvalue weighted by Gasteiger charge is 2.27. The normalized spacial score (nSPS) is 18.9. The van der Waals surface area contributed by atoms with Crippen molar-refractivity contribution in [2.45, 2.75) is 19.8 Å². The zero-order valence-corrected chi connectivity index (χ0v) is 20.9. The quantitative estimate of drug-likeness (QED) is 0.508. The van der Waals surface area contributed by atoms with E-state index in [4.69, 9.17) is 9.47 Å². The van der Waals surface area contributed by atoms with Crippen LogP contribution in [-0.2, 0) is 11.2 Å². The Hall–Kier alpha value is -3.03. The van der Waals surface area contributed by atoms with Crippen LogP contribution in [0.4, 0.5) is 5.69 Å². The zero-order chi connectivity index (χ0) is 24.2. The topological polar surface area (TPSA) is 57.3 Å². The highest BCUT2D eigenvalue weighted by atomic mass is 16.5. The van der Waals surface area contributed by atoms with Crippen LogP contribution in [0.3, 0.4) is 0 Å². The first-order valence-corrected chi connectivity index (χ1v) is 12.7. The molecule has 7 nitrogen and oxygen atoms in total. The summed E-state index contributed by atoms with van der Waals surface area (Å²) in [7, 11) is 1.74. The Morgan fingerprint density at radius 3 is 2.46 bits per heavy atom. The maximum Gasteiger partial charge on any atom is 0.308 e. The van der Waals surface area contributed by atoms with E-state index in [2.05, 4.69) is 44.3 Å². The van der Waals surface area contributed by atoms with Crippen molar-refractivity contribution in [3.05, 3.63) is 59.3 Å². The van der Waals surface area contributed by atoms with Gasteiger partial charge in [-0.1, -0.05) is 18.2 Å². The van der Waals surface area contributed by atoms with Crippen LogP contribution in [0.5, 0.6) is 11.5 Å². The summed E-state index contributed by atoms with van der Waals surface area (Å²) in [5, 5.41) is 3.49. The predicted molar refractivity (Wildman–Crippen MR) is 139 cm³/mol. The summed E-state index contributed by atoms with van der Waals surface area (Å²) < 4.78 is 11.0. The van der Waals surface area contributed by atoms with E-state index in [0.717, 1.165) is 77.5 Å². The molecule has 7 heteroatoms. The fourth-order valence-corrected chi connectivity index (χ4v) is 5.58. The van der Waals surface area contributed by atoms with Gasteiger partial charge in [0.25, 0.3) is 0 Å². The molecule has 0 aromatic heterocycles. The molecule has 186 valence electrons. The summed E-state index contributed by atoms with van der Waals surface area (Å²) in [4.78, 5) is 19.1. The fraction of sp³-hybridized carbons (Fsp3) is 0.464. The van der Waals surface area contributed by atoms with Gasteiger partial charge < -0.3 is 24.6 Å². The third-order valence-corrected chi connectivity index (χ3v) is 7.32. The third kappa shape index (κ3) is 5.31. The van der Waals surface area contributed by atoms with Gasteiger partial charge in [-0.25, -0.2) is 0 Å². The summed E-state index contributed by atoms with van der Waals surface area (Å²) >= 11 is 0. The van der Waals surface area contributed by atoms with Crippen LogP contribution in [0.25, 0.3) is 5.57 Å². The van der Waals surface area contributed by atoms with E-state index in [1.165, 1.54) is 35.0 Å². The van der Waals surface area contributed by atoms with Gasteiger partial charge in [0.2, 0.25) is 0 Å². The number of nitrogens with zero attached hydrogens (tertiary/aromatic N) is 3. The molecule has 3 aliphatic rings. The van der Waals surface area contributed by atoms with Gasteiger partial charge in [0.1, 0.15) is 11.5 Å². The Morgan fingerprint density at radius 2 is 1.71 bits per heavy atom. The minimum Gasteiger partial charge on any atom is -0.495 e. The second-order valence-corrected chi connectivity index (χ2v) is 9.51. The number of rotatable bonds is 6. The second kappa shape index (κ2) is 10.7. The number of para-hydroxylation sites is 2. The Kier molecular flexibility index (Phi) is 7.25. The number of allylic oxidation sites excluding steroid dienone is 1. The molecule has 0 amide bonds. The molecule has 2 aromatic rings. The van der Waals surface area contributed by atoms with Gasteiger partial charge in [0, 0.05) is 71.5 Å². The number of nitrogens with one attached hydrogen (secondary N) is 1. The number of fused-ring (bicyclic) bond motifs is 1. The first kappa shape index (κ1) is 23.7. The second-order valence-electron chi connectivity index (χ2n) is 9.51. The maximum absolute atomic E-state index is 11.5. The molecule has 0 saturated carbocycles. The summed E-state index contributed by atoms with van der Waals surface area (Å²) in [6, 6.07) is 14.5. The zero-order valence-electron chi connectivity index (χ0n) is 20.9. The van der Waals surface area contributed by atoms with Crippen LogP contribution < -0.4 is 19.7 Å². The smallest absolute Gasteiger partial charge is 0.308 e. The molecular weight excluding hydrogens is 440 g/mol. The molecule has 0 unspecified atom stereocenters. The van der Waals surface area contributed by atoms with Crippen LogP contribution in [0.15, 0.2) is 48.2 Å². The third-order valence-electron chi connectivity index (χ3n) is 7.32. The lowest BCUT2D eigenvalue weighted by molar-refractivity contribution is -0.131. The molecular formula is C28H36N4O3. The number of benzene rings is 2. The van der Waals surface area contributed by atoms with Crippen LogP contribution in [0.1, 0.15) is 24.5 Å². The number of carbonyl (C=O) groups is 1. The van der Waals surface area contributed by atoms with Gasteiger partial charge >= 0.3 is 5.97 Å². The predicted octanol–water partition coefficient (Wildman–Crippen LogP) is 3.01. The molecule has 2 fully saturated rings. The summed E-state index contributed by atoms with van der Waals surface area (Å²) in [6.07, 6.45) is 2.02. The number of ether oxygens (including phenoxy) is 2. The van der Waals surface area contributed by atoms with Gasteiger partial charge in [-0.3, -0.25) is 9.69 Å². The first-order valence-electron chi connectivity index (χ1n) is 12.7. The fourth-order valence-electron chi connectivity index (χ4n) is 5.58. The number of anilines is 1. The molecule has 2 saturated heterocycles. The van der Waals surface area contributed by atoms with Crippen molar-refractivity contribution >= 4 is 17.2 Å². The van der Waals surface area contributed by atoms with Crippen LogP contribution in [-0.4, -0.2) is 81.8 Å². The van der Waals surface area contributed by atoms with Crippen molar-refractivity contribution in [3.8, 4) is 11.5 Å². The number of hydrogen-bond donors (Lipinski definition) is 1. The van der Waals surface area contributed by atoms with Crippen molar-refractivity contribution in [2.24, 2.45) is 0 Å². The van der Waals surface area contributed by atoms with E-state index in [0.29, 0.717) is 5.75 Å². The van der Waals surface area contributed by atoms with Crippen LogP contribution in [0.2, 0.25) is 0 Å². The number of aryl methyl sites for hydroxylation is 1. The van der Waals surface area contributed by atoms with E-state index in [1.54, 1.807) is 7.11 Å². The number of piperazine rings is 2. The van der Waals surface area contributed by atoms with E-state index >= 15 is 0 Å². The van der Waals surface area contributed by atoms with Gasteiger partial charge in [0.15, 0.2) is 0 Å². The SMILES string of the molecule is COc1ccccc1N1CCN(CC2=C(N3CCNCC3)CCc3cc(OC(C)=O)ccc32)CC1. The lowest BCUT2D eigenvalue weighted by Crippen LogP contribution is -2.48. The Morgan fingerprint density at radius 1 is 0.943 bits per heavy atom. The van der Waals surface area contributed by atoms with E-state index < -0.39 is 0 Å². The molecule has 2 heterocycles. The molecule has 0 bridgehead atoms. The molecule has 2 aromatic carbocycles. The number of methoxy groups -OCH3 is 1.